The Morgan fingerprint density at radius 2 is 2.07 bits per heavy atom. The maximum atomic E-state index is 11.8. The highest BCUT2D eigenvalue weighted by atomic mass is 32.2. The first-order valence-electron chi connectivity index (χ1n) is 4.67. The zero-order chi connectivity index (χ0) is 11.3. The molecule has 15 heavy (non-hydrogen) atoms. The molecule has 0 N–H and O–H groups in total. The van der Waals surface area contributed by atoms with Crippen LogP contribution >= 0.6 is 0 Å². The second-order valence-electron chi connectivity index (χ2n) is 3.44. The Kier molecular flexibility index (Phi) is 3.96. The number of hydrogen-bond donors (Lipinski definition) is 0. The molecule has 0 radical (unpaired) electrons. The molecule has 0 aromatic carbocycles. The third-order valence-electron chi connectivity index (χ3n) is 1.89. The topological polar surface area (TPSA) is 59.9 Å². The Bertz CT molecular complexity index is 414. The van der Waals surface area contributed by atoms with Crippen molar-refractivity contribution in [2.75, 3.05) is 5.75 Å². The summed E-state index contributed by atoms with van der Waals surface area (Å²) >= 11 is 0. The number of sulfone groups is 1. The molecule has 0 saturated carbocycles. The van der Waals surface area contributed by atoms with Crippen LogP contribution in [0.5, 0.6) is 0 Å². The van der Waals surface area contributed by atoms with Crippen LogP contribution in [0.3, 0.4) is 0 Å². The molecule has 0 spiro atoms. The van der Waals surface area contributed by atoms with E-state index in [9.17, 15) is 8.42 Å². The van der Waals surface area contributed by atoms with Gasteiger partial charge >= 0.3 is 0 Å². The van der Waals surface area contributed by atoms with Crippen LogP contribution in [0.15, 0.2) is 36.3 Å². The fourth-order valence-electron chi connectivity index (χ4n) is 1.25. The van der Waals surface area contributed by atoms with E-state index in [1.807, 2.05) is 6.92 Å². The van der Waals surface area contributed by atoms with E-state index in [4.69, 9.17) is 0 Å². The van der Waals surface area contributed by atoms with Gasteiger partial charge in [0.1, 0.15) is 0 Å². The number of rotatable bonds is 5. The summed E-state index contributed by atoms with van der Waals surface area (Å²) in [6, 6.07) is 1.59. The Morgan fingerprint density at radius 1 is 1.47 bits per heavy atom. The molecular weight excluding hydrogens is 212 g/mol. The van der Waals surface area contributed by atoms with Crippen molar-refractivity contribution in [2.45, 2.75) is 18.5 Å². The van der Waals surface area contributed by atoms with Crippen molar-refractivity contribution < 1.29 is 8.42 Å². The second kappa shape index (κ2) is 5.02. The summed E-state index contributed by atoms with van der Waals surface area (Å²) in [7, 11) is -3.35. The highest BCUT2D eigenvalue weighted by molar-refractivity contribution is 7.91. The van der Waals surface area contributed by atoms with Crippen molar-refractivity contribution in [1.82, 2.24) is 9.97 Å². The molecule has 0 aliphatic carbocycles. The van der Waals surface area contributed by atoms with Crippen LogP contribution in [0.4, 0.5) is 0 Å². The van der Waals surface area contributed by atoms with Crippen LogP contribution in [-0.4, -0.2) is 24.1 Å². The average molecular weight is 226 g/mol. The molecule has 0 saturated heterocycles. The lowest BCUT2D eigenvalue weighted by Gasteiger charge is -2.07. The van der Waals surface area contributed by atoms with E-state index in [-0.39, 0.29) is 16.8 Å². The van der Waals surface area contributed by atoms with E-state index in [1.165, 1.54) is 12.4 Å². The number of nitrogens with zero attached hydrogens (tertiary/aromatic N) is 2. The predicted molar refractivity (Wildman–Crippen MR) is 58.1 cm³/mol. The van der Waals surface area contributed by atoms with Gasteiger partial charge in [0.2, 0.25) is 15.0 Å². The maximum Gasteiger partial charge on any atom is 0.247 e. The molecule has 1 aromatic heterocycles. The first-order valence-corrected chi connectivity index (χ1v) is 6.32. The predicted octanol–water partition coefficient (Wildman–Crippen LogP) is 1.46. The highest BCUT2D eigenvalue weighted by Gasteiger charge is 2.20. The number of aromatic nitrogens is 2. The molecule has 0 aliphatic heterocycles. The second-order valence-corrected chi connectivity index (χ2v) is 5.37. The highest BCUT2D eigenvalue weighted by Crippen LogP contribution is 2.11. The fraction of sp³-hybridized carbons (Fsp3) is 0.400. The summed E-state index contributed by atoms with van der Waals surface area (Å²) < 4.78 is 23.5. The van der Waals surface area contributed by atoms with Crippen LogP contribution in [0.1, 0.15) is 13.3 Å². The molecule has 5 heteroatoms. The lowest BCUT2D eigenvalue weighted by Crippen LogP contribution is -2.16. The summed E-state index contributed by atoms with van der Waals surface area (Å²) in [5.74, 6) is 0.0968. The largest absolute Gasteiger partial charge is 0.247 e. The molecule has 1 aromatic rings. The molecule has 1 rings (SSSR count). The molecule has 1 heterocycles. The Morgan fingerprint density at radius 3 is 2.60 bits per heavy atom. The molecule has 4 nitrogen and oxygen atoms in total. The molecule has 1 atom stereocenters. The van der Waals surface area contributed by atoms with Gasteiger partial charge in [-0.15, -0.1) is 6.58 Å². The molecule has 0 aliphatic rings. The van der Waals surface area contributed by atoms with Crippen LogP contribution in [0.25, 0.3) is 0 Å². The Balaban J connectivity index is 2.81. The van der Waals surface area contributed by atoms with E-state index >= 15 is 0 Å². The van der Waals surface area contributed by atoms with Crippen LogP contribution in [0, 0.1) is 5.92 Å². The average Bonchev–Trinajstić information content (AvgIpc) is 2.18. The van der Waals surface area contributed by atoms with Crippen LogP contribution in [0.2, 0.25) is 0 Å². The Hall–Kier alpha value is -1.23. The zero-order valence-electron chi connectivity index (χ0n) is 8.63. The van der Waals surface area contributed by atoms with Crippen molar-refractivity contribution in [3.05, 3.63) is 31.1 Å². The van der Waals surface area contributed by atoms with Gasteiger partial charge in [-0.05, 0) is 18.4 Å². The monoisotopic (exact) mass is 226 g/mol. The van der Waals surface area contributed by atoms with Gasteiger partial charge in [-0.3, -0.25) is 0 Å². The van der Waals surface area contributed by atoms with E-state index in [0.29, 0.717) is 6.42 Å². The minimum absolute atomic E-state index is 0.0382. The molecule has 82 valence electrons. The number of allylic oxidation sites excluding steroid dienone is 1. The summed E-state index contributed by atoms with van der Waals surface area (Å²) in [4.78, 5) is 7.48. The van der Waals surface area contributed by atoms with Gasteiger partial charge in [-0.2, -0.15) is 0 Å². The summed E-state index contributed by atoms with van der Waals surface area (Å²) in [6.07, 6.45) is 5.24. The smallest absolute Gasteiger partial charge is 0.227 e. The normalized spacial score (nSPS) is 13.4. The van der Waals surface area contributed by atoms with Gasteiger partial charge in [-0.25, -0.2) is 18.4 Å². The van der Waals surface area contributed by atoms with Crippen molar-refractivity contribution in [3.63, 3.8) is 0 Å². The summed E-state index contributed by atoms with van der Waals surface area (Å²) in [5, 5.41) is -0.0964. The molecule has 0 bridgehead atoms. The lowest BCUT2D eigenvalue weighted by atomic mass is 10.1. The lowest BCUT2D eigenvalue weighted by molar-refractivity contribution is 0.565. The third-order valence-corrected chi connectivity index (χ3v) is 3.67. The van der Waals surface area contributed by atoms with Crippen molar-refractivity contribution >= 4 is 9.84 Å². The van der Waals surface area contributed by atoms with Gasteiger partial charge in [0, 0.05) is 12.4 Å². The van der Waals surface area contributed by atoms with E-state index < -0.39 is 9.84 Å². The van der Waals surface area contributed by atoms with Crippen molar-refractivity contribution in [2.24, 2.45) is 5.92 Å². The van der Waals surface area contributed by atoms with Crippen LogP contribution < -0.4 is 0 Å². The summed E-state index contributed by atoms with van der Waals surface area (Å²) in [5.41, 5.74) is 0. The minimum atomic E-state index is -3.35. The van der Waals surface area contributed by atoms with Gasteiger partial charge in [0.05, 0.1) is 5.75 Å². The standard InChI is InChI=1S/C10H14N2O2S/c1-3-5-9(2)8-15(13,14)10-11-6-4-7-12-10/h3-4,6-7,9H,1,5,8H2,2H3/t9-/m0/s1. The van der Waals surface area contributed by atoms with Gasteiger partial charge < -0.3 is 0 Å². The minimum Gasteiger partial charge on any atom is -0.227 e. The van der Waals surface area contributed by atoms with Crippen molar-refractivity contribution in [1.29, 1.82) is 0 Å². The molecule has 0 amide bonds. The Labute approximate surface area is 90.0 Å². The summed E-state index contributed by atoms with van der Waals surface area (Å²) in [6.45, 7) is 5.44. The van der Waals surface area contributed by atoms with Gasteiger partial charge in [0.25, 0.3) is 0 Å². The molecular formula is C10H14N2O2S. The maximum absolute atomic E-state index is 11.8. The van der Waals surface area contributed by atoms with E-state index in [0.717, 1.165) is 0 Å². The van der Waals surface area contributed by atoms with E-state index in [1.54, 1.807) is 12.1 Å². The quantitative estimate of drug-likeness (QED) is 0.563. The molecule has 0 unspecified atom stereocenters. The first kappa shape index (κ1) is 11.8. The SMILES string of the molecule is C=CC[C@H](C)CS(=O)(=O)c1ncccn1. The van der Waals surface area contributed by atoms with Crippen molar-refractivity contribution in [3.8, 4) is 0 Å². The van der Waals surface area contributed by atoms with Gasteiger partial charge in [-0.1, -0.05) is 13.0 Å². The third kappa shape index (κ3) is 3.43. The van der Waals surface area contributed by atoms with Crippen LogP contribution in [-0.2, 0) is 9.84 Å². The van der Waals surface area contributed by atoms with E-state index in [2.05, 4.69) is 16.5 Å². The fourth-order valence-corrected chi connectivity index (χ4v) is 2.72. The molecule has 0 fully saturated rings. The zero-order valence-corrected chi connectivity index (χ0v) is 9.44. The number of hydrogen-bond acceptors (Lipinski definition) is 4. The van der Waals surface area contributed by atoms with Gasteiger partial charge in [0.15, 0.2) is 0 Å². The first-order chi connectivity index (χ1) is 7.06.